The van der Waals surface area contributed by atoms with Crippen LogP contribution in [0, 0.1) is 0 Å². The van der Waals surface area contributed by atoms with Gasteiger partial charge in [0.25, 0.3) is 11.8 Å². The molecular weight excluding hydrogens is 414 g/mol. The lowest BCUT2D eigenvalue weighted by Crippen LogP contribution is -2.30. The number of rotatable bonds is 8. The molecule has 0 heterocycles. The maximum Gasteiger partial charge on any atom is 0.413 e. The summed E-state index contributed by atoms with van der Waals surface area (Å²) in [5.41, 5.74) is 1.39. The first-order chi connectivity index (χ1) is 15.3. The number of carbonyl (C=O) groups is 4. The fourth-order valence-electron chi connectivity index (χ4n) is 2.97. The standard InChI is InChI=1S/C23H27N3O6/c1-5-26(6-2)21(28)16-11-13-17(14-12-16)24-20(27)15-32-22(29)18-9-7-8-10-19(18)25(3)23(30)31-4/h7-14H,5-6,15H2,1-4H3,(H,24,27). The third kappa shape index (κ3) is 6.07. The van der Waals surface area contributed by atoms with Gasteiger partial charge in [0, 0.05) is 31.4 Å². The maximum absolute atomic E-state index is 12.5. The smallest absolute Gasteiger partial charge is 0.413 e. The second kappa shape index (κ2) is 11.5. The molecule has 3 amide bonds. The Morgan fingerprint density at radius 2 is 1.56 bits per heavy atom. The Morgan fingerprint density at radius 3 is 2.16 bits per heavy atom. The van der Waals surface area contributed by atoms with E-state index >= 15 is 0 Å². The summed E-state index contributed by atoms with van der Waals surface area (Å²) in [4.78, 5) is 51.6. The molecule has 0 unspecified atom stereocenters. The van der Waals surface area contributed by atoms with Crippen LogP contribution in [0.5, 0.6) is 0 Å². The number of ether oxygens (including phenoxy) is 2. The van der Waals surface area contributed by atoms with Gasteiger partial charge in [0.1, 0.15) is 0 Å². The number of amides is 3. The molecule has 0 saturated carbocycles. The van der Waals surface area contributed by atoms with Crippen LogP contribution in [-0.4, -0.2) is 62.6 Å². The first-order valence-electron chi connectivity index (χ1n) is 10.1. The van der Waals surface area contributed by atoms with Crippen molar-refractivity contribution in [1.82, 2.24) is 4.90 Å². The van der Waals surface area contributed by atoms with E-state index in [1.54, 1.807) is 47.4 Å². The minimum atomic E-state index is -0.758. The highest BCUT2D eigenvalue weighted by molar-refractivity contribution is 6.02. The average molecular weight is 441 g/mol. The quantitative estimate of drug-likeness (QED) is 0.631. The van der Waals surface area contributed by atoms with Gasteiger partial charge in [-0.3, -0.25) is 14.5 Å². The van der Waals surface area contributed by atoms with E-state index in [-0.39, 0.29) is 11.5 Å². The minimum absolute atomic E-state index is 0.0857. The average Bonchev–Trinajstić information content (AvgIpc) is 2.82. The van der Waals surface area contributed by atoms with Gasteiger partial charge >= 0.3 is 12.1 Å². The third-order valence-electron chi connectivity index (χ3n) is 4.73. The molecule has 0 spiro atoms. The lowest BCUT2D eigenvalue weighted by Gasteiger charge is -2.19. The lowest BCUT2D eigenvalue weighted by atomic mass is 10.1. The molecule has 2 aromatic carbocycles. The summed E-state index contributed by atoms with van der Waals surface area (Å²) in [6.45, 7) is 4.51. The molecule has 170 valence electrons. The minimum Gasteiger partial charge on any atom is -0.452 e. The zero-order chi connectivity index (χ0) is 23.7. The zero-order valence-corrected chi connectivity index (χ0v) is 18.6. The van der Waals surface area contributed by atoms with E-state index in [2.05, 4.69) is 10.1 Å². The molecule has 2 rings (SSSR count). The van der Waals surface area contributed by atoms with Gasteiger partial charge in [0.05, 0.1) is 18.4 Å². The van der Waals surface area contributed by atoms with Crippen LogP contribution < -0.4 is 10.2 Å². The number of nitrogens with zero attached hydrogens (tertiary/aromatic N) is 2. The number of anilines is 2. The normalized spacial score (nSPS) is 10.1. The lowest BCUT2D eigenvalue weighted by molar-refractivity contribution is -0.119. The van der Waals surface area contributed by atoms with Crippen molar-refractivity contribution < 1.29 is 28.7 Å². The summed E-state index contributed by atoms with van der Waals surface area (Å²) < 4.78 is 9.76. The first-order valence-corrected chi connectivity index (χ1v) is 10.1. The van der Waals surface area contributed by atoms with Crippen LogP contribution in [-0.2, 0) is 14.3 Å². The number of carbonyl (C=O) groups excluding carboxylic acids is 4. The Hall–Kier alpha value is -3.88. The Morgan fingerprint density at radius 1 is 0.938 bits per heavy atom. The van der Waals surface area contributed by atoms with E-state index in [1.165, 1.54) is 20.2 Å². The third-order valence-corrected chi connectivity index (χ3v) is 4.73. The summed E-state index contributed by atoms with van der Waals surface area (Å²) >= 11 is 0. The van der Waals surface area contributed by atoms with E-state index in [9.17, 15) is 19.2 Å². The second-order valence-electron chi connectivity index (χ2n) is 6.73. The number of hydrogen-bond donors (Lipinski definition) is 1. The van der Waals surface area contributed by atoms with Crippen molar-refractivity contribution in [1.29, 1.82) is 0 Å². The molecule has 0 fully saturated rings. The molecule has 2 aromatic rings. The van der Waals surface area contributed by atoms with E-state index in [1.807, 2.05) is 13.8 Å². The van der Waals surface area contributed by atoms with Crippen LogP contribution in [0.1, 0.15) is 34.6 Å². The Labute approximate surface area is 186 Å². The highest BCUT2D eigenvalue weighted by Crippen LogP contribution is 2.21. The maximum atomic E-state index is 12.5. The van der Waals surface area contributed by atoms with Crippen LogP contribution in [0.15, 0.2) is 48.5 Å². The van der Waals surface area contributed by atoms with Crippen molar-refractivity contribution in [3.8, 4) is 0 Å². The van der Waals surface area contributed by atoms with Crippen molar-refractivity contribution in [2.24, 2.45) is 0 Å². The molecular formula is C23H27N3O6. The van der Waals surface area contributed by atoms with Crippen molar-refractivity contribution in [3.63, 3.8) is 0 Å². The molecule has 0 aromatic heterocycles. The number of methoxy groups -OCH3 is 1. The molecule has 0 bridgehead atoms. The first kappa shape index (κ1) is 24.4. The summed E-state index contributed by atoms with van der Waals surface area (Å²) in [6.07, 6.45) is -0.647. The van der Waals surface area contributed by atoms with Gasteiger partial charge < -0.3 is 19.7 Å². The molecule has 9 nitrogen and oxygen atoms in total. The SMILES string of the molecule is CCN(CC)C(=O)c1ccc(NC(=O)COC(=O)c2ccccc2N(C)C(=O)OC)cc1. The summed E-state index contributed by atoms with van der Waals surface area (Å²) in [5, 5.41) is 2.61. The highest BCUT2D eigenvalue weighted by atomic mass is 16.5. The summed E-state index contributed by atoms with van der Waals surface area (Å²) in [5.74, 6) is -1.39. The van der Waals surface area contributed by atoms with Crippen LogP contribution in [0.2, 0.25) is 0 Å². The van der Waals surface area contributed by atoms with Crippen molar-refractivity contribution in [2.45, 2.75) is 13.8 Å². The number of hydrogen-bond acceptors (Lipinski definition) is 6. The fourth-order valence-corrected chi connectivity index (χ4v) is 2.97. The van der Waals surface area contributed by atoms with Crippen LogP contribution in [0.25, 0.3) is 0 Å². The molecule has 0 saturated heterocycles. The predicted molar refractivity (Wildman–Crippen MR) is 120 cm³/mol. The largest absolute Gasteiger partial charge is 0.452 e. The van der Waals surface area contributed by atoms with Crippen molar-refractivity contribution in [3.05, 3.63) is 59.7 Å². The highest BCUT2D eigenvalue weighted by Gasteiger charge is 2.20. The monoisotopic (exact) mass is 441 g/mol. The van der Waals surface area contributed by atoms with Gasteiger partial charge in [-0.2, -0.15) is 0 Å². The molecule has 0 atom stereocenters. The molecule has 1 N–H and O–H groups in total. The van der Waals surface area contributed by atoms with Crippen LogP contribution >= 0.6 is 0 Å². The number of benzene rings is 2. The van der Waals surface area contributed by atoms with Gasteiger partial charge in [-0.05, 0) is 50.2 Å². The van der Waals surface area contributed by atoms with Gasteiger partial charge in [-0.15, -0.1) is 0 Å². The molecule has 9 heteroatoms. The summed E-state index contributed by atoms with van der Waals surface area (Å²) in [6, 6.07) is 12.8. The molecule has 0 aliphatic heterocycles. The van der Waals surface area contributed by atoms with Crippen LogP contribution in [0.4, 0.5) is 16.2 Å². The fraction of sp³-hybridized carbons (Fsp3) is 0.304. The van der Waals surface area contributed by atoms with Gasteiger partial charge in [0.15, 0.2) is 6.61 Å². The van der Waals surface area contributed by atoms with E-state index < -0.39 is 24.6 Å². The van der Waals surface area contributed by atoms with Gasteiger partial charge in [0.2, 0.25) is 0 Å². The van der Waals surface area contributed by atoms with Gasteiger partial charge in [-0.25, -0.2) is 9.59 Å². The molecule has 0 aliphatic carbocycles. The topological polar surface area (TPSA) is 105 Å². The zero-order valence-electron chi connectivity index (χ0n) is 18.6. The van der Waals surface area contributed by atoms with Crippen LogP contribution in [0.3, 0.4) is 0 Å². The summed E-state index contributed by atoms with van der Waals surface area (Å²) in [7, 11) is 2.69. The Bertz CT molecular complexity index is 970. The Balaban J connectivity index is 1.97. The van der Waals surface area contributed by atoms with Crippen molar-refractivity contribution >= 4 is 35.3 Å². The molecule has 0 aliphatic rings. The molecule has 32 heavy (non-hydrogen) atoms. The molecule has 0 radical (unpaired) electrons. The Kier molecular flexibility index (Phi) is 8.76. The van der Waals surface area contributed by atoms with E-state index in [0.29, 0.717) is 30.0 Å². The van der Waals surface area contributed by atoms with E-state index in [0.717, 1.165) is 4.90 Å². The number of nitrogens with one attached hydrogen (secondary N) is 1. The second-order valence-corrected chi connectivity index (χ2v) is 6.73. The predicted octanol–water partition coefficient (Wildman–Crippen LogP) is 3.17. The number of para-hydroxylation sites is 1. The van der Waals surface area contributed by atoms with Gasteiger partial charge in [-0.1, -0.05) is 12.1 Å². The van der Waals surface area contributed by atoms with Crippen molar-refractivity contribution in [2.75, 3.05) is 44.1 Å². The number of esters is 1. The van der Waals surface area contributed by atoms with E-state index in [4.69, 9.17) is 4.74 Å².